The van der Waals surface area contributed by atoms with Crippen molar-refractivity contribution >= 4 is 17.6 Å². The van der Waals surface area contributed by atoms with Crippen molar-refractivity contribution in [2.75, 3.05) is 13.7 Å². The predicted octanol–water partition coefficient (Wildman–Crippen LogP) is 3.02. The van der Waals surface area contributed by atoms with Crippen LogP contribution in [0.25, 0.3) is 0 Å². The largest absolute Gasteiger partial charge is 0.490 e. The first-order valence-corrected chi connectivity index (χ1v) is 6.89. The number of esters is 1. The highest BCUT2D eigenvalue weighted by molar-refractivity contribution is 6.32. The molecule has 0 unspecified atom stereocenters. The summed E-state index contributed by atoms with van der Waals surface area (Å²) < 4.78 is 12.3. The molecule has 0 aliphatic heterocycles. The molecule has 0 amide bonds. The fraction of sp³-hybridized carbons (Fsp3) is 0.333. The van der Waals surface area contributed by atoms with Gasteiger partial charge in [-0.2, -0.15) is 0 Å². The van der Waals surface area contributed by atoms with Crippen LogP contribution in [-0.4, -0.2) is 29.2 Å². The van der Waals surface area contributed by atoms with Crippen molar-refractivity contribution in [3.8, 4) is 5.75 Å². The molecule has 21 heavy (non-hydrogen) atoms. The fourth-order valence-corrected chi connectivity index (χ4v) is 2.12. The first kappa shape index (κ1) is 15.4. The van der Waals surface area contributed by atoms with Crippen molar-refractivity contribution in [1.82, 2.24) is 9.55 Å². The van der Waals surface area contributed by atoms with Gasteiger partial charge in [0.15, 0.2) is 0 Å². The summed E-state index contributed by atoms with van der Waals surface area (Å²) in [6.07, 6.45) is 1.79. The minimum atomic E-state index is -0.423. The number of rotatable bonds is 5. The molecular formula is C15H17ClN2O3. The van der Waals surface area contributed by atoms with Gasteiger partial charge in [-0.05, 0) is 32.0 Å². The SMILES string of the molecule is COC(=O)c1ccc(OCCn2cnc(C)c2C)c(Cl)c1. The Morgan fingerprint density at radius 3 is 2.71 bits per heavy atom. The van der Waals surface area contributed by atoms with Crippen molar-refractivity contribution in [3.05, 3.63) is 46.5 Å². The number of aromatic nitrogens is 2. The molecule has 2 rings (SSSR count). The van der Waals surface area contributed by atoms with Crippen LogP contribution in [0.15, 0.2) is 24.5 Å². The standard InChI is InChI=1S/C15H17ClN2O3/c1-10-11(2)18(9-17-10)6-7-21-14-5-4-12(8-13(14)16)15(19)20-3/h4-5,8-9H,6-7H2,1-3H3. The second-order valence-corrected chi connectivity index (χ2v) is 5.00. The van der Waals surface area contributed by atoms with Gasteiger partial charge in [0.25, 0.3) is 0 Å². The molecule has 1 aromatic heterocycles. The number of methoxy groups -OCH3 is 1. The number of hydrogen-bond donors (Lipinski definition) is 0. The third kappa shape index (κ3) is 3.55. The van der Waals surface area contributed by atoms with Crippen LogP contribution in [0.3, 0.4) is 0 Å². The smallest absolute Gasteiger partial charge is 0.337 e. The number of benzene rings is 1. The number of nitrogens with zero attached hydrogens (tertiary/aromatic N) is 2. The van der Waals surface area contributed by atoms with Gasteiger partial charge in [-0.1, -0.05) is 11.6 Å². The number of aryl methyl sites for hydroxylation is 1. The van der Waals surface area contributed by atoms with Crippen molar-refractivity contribution < 1.29 is 14.3 Å². The van der Waals surface area contributed by atoms with Gasteiger partial charge >= 0.3 is 5.97 Å². The highest BCUT2D eigenvalue weighted by atomic mass is 35.5. The maximum absolute atomic E-state index is 11.4. The normalized spacial score (nSPS) is 10.5. The van der Waals surface area contributed by atoms with E-state index >= 15 is 0 Å². The topological polar surface area (TPSA) is 53.4 Å². The second kappa shape index (κ2) is 6.63. The molecule has 2 aromatic rings. The van der Waals surface area contributed by atoms with Gasteiger partial charge in [0, 0.05) is 5.69 Å². The third-order valence-electron chi connectivity index (χ3n) is 3.29. The van der Waals surface area contributed by atoms with Crippen molar-refractivity contribution in [2.24, 2.45) is 0 Å². The number of halogens is 1. The van der Waals surface area contributed by atoms with E-state index in [1.165, 1.54) is 13.2 Å². The zero-order valence-electron chi connectivity index (χ0n) is 12.2. The van der Waals surface area contributed by atoms with Gasteiger partial charge < -0.3 is 14.0 Å². The molecule has 0 radical (unpaired) electrons. The Hall–Kier alpha value is -2.01. The van der Waals surface area contributed by atoms with Crippen LogP contribution in [0.4, 0.5) is 0 Å². The average Bonchev–Trinajstić information content (AvgIpc) is 2.80. The Morgan fingerprint density at radius 1 is 1.38 bits per heavy atom. The van der Waals surface area contributed by atoms with E-state index in [9.17, 15) is 4.79 Å². The minimum Gasteiger partial charge on any atom is -0.490 e. The van der Waals surface area contributed by atoms with Crippen LogP contribution in [0, 0.1) is 13.8 Å². The highest BCUT2D eigenvalue weighted by Crippen LogP contribution is 2.25. The lowest BCUT2D eigenvalue weighted by molar-refractivity contribution is 0.0600. The van der Waals surface area contributed by atoms with Gasteiger partial charge in [-0.25, -0.2) is 9.78 Å². The Morgan fingerprint density at radius 2 is 2.14 bits per heavy atom. The van der Waals surface area contributed by atoms with Crippen molar-refractivity contribution in [1.29, 1.82) is 0 Å². The summed E-state index contributed by atoms with van der Waals surface area (Å²) in [7, 11) is 1.33. The molecule has 0 saturated carbocycles. The van der Waals surface area contributed by atoms with Crippen LogP contribution in [0.5, 0.6) is 5.75 Å². The van der Waals surface area contributed by atoms with E-state index < -0.39 is 5.97 Å². The Balaban J connectivity index is 1.97. The van der Waals surface area contributed by atoms with Gasteiger partial charge in [-0.15, -0.1) is 0 Å². The number of hydrogen-bond acceptors (Lipinski definition) is 4. The van der Waals surface area contributed by atoms with E-state index in [0.717, 1.165) is 11.4 Å². The van der Waals surface area contributed by atoms with E-state index in [1.54, 1.807) is 18.5 Å². The fourth-order valence-electron chi connectivity index (χ4n) is 1.89. The van der Waals surface area contributed by atoms with Crippen LogP contribution in [0.1, 0.15) is 21.7 Å². The Kier molecular flexibility index (Phi) is 4.85. The monoisotopic (exact) mass is 308 g/mol. The number of ether oxygens (including phenoxy) is 2. The number of carbonyl (C=O) groups excluding carboxylic acids is 1. The highest BCUT2D eigenvalue weighted by Gasteiger charge is 2.09. The van der Waals surface area contributed by atoms with Gasteiger partial charge in [0.2, 0.25) is 0 Å². The maximum Gasteiger partial charge on any atom is 0.337 e. The van der Waals surface area contributed by atoms with Crippen LogP contribution >= 0.6 is 11.6 Å². The second-order valence-electron chi connectivity index (χ2n) is 4.59. The molecule has 0 atom stereocenters. The Bertz CT molecular complexity index is 652. The summed E-state index contributed by atoms with van der Waals surface area (Å²) in [5.74, 6) is 0.117. The molecule has 1 heterocycles. The molecule has 0 fully saturated rings. The zero-order valence-corrected chi connectivity index (χ0v) is 13.0. The molecule has 0 N–H and O–H groups in total. The molecule has 0 spiro atoms. The van der Waals surface area contributed by atoms with Crippen molar-refractivity contribution in [3.63, 3.8) is 0 Å². The molecule has 0 aliphatic rings. The predicted molar refractivity (Wildman–Crippen MR) is 80.0 cm³/mol. The van der Waals surface area contributed by atoms with E-state index in [1.807, 2.05) is 18.4 Å². The first-order valence-electron chi connectivity index (χ1n) is 6.52. The molecule has 0 aliphatic carbocycles. The van der Waals surface area contributed by atoms with E-state index in [4.69, 9.17) is 16.3 Å². The summed E-state index contributed by atoms with van der Waals surface area (Å²) in [6, 6.07) is 4.83. The lowest BCUT2D eigenvalue weighted by atomic mass is 10.2. The third-order valence-corrected chi connectivity index (χ3v) is 3.58. The van der Waals surface area contributed by atoms with E-state index in [0.29, 0.717) is 29.5 Å². The molecule has 0 bridgehead atoms. The van der Waals surface area contributed by atoms with Crippen LogP contribution < -0.4 is 4.74 Å². The summed E-state index contributed by atoms with van der Waals surface area (Å²) in [5, 5.41) is 0.386. The van der Waals surface area contributed by atoms with Gasteiger partial charge in [0.1, 0.15) is 12.4 Å². The average molecular weight is 309 g/mol. The number of carbonyl (C=O) groups is 1. The summed E-state index contributed by atoms with van der Waals surface area (Å²) in [6.45, 7) is 5.13. The summed E-state index contributed by atoms with van der Waals surface area (Å²) >= 11 is 6.10. The molecule has 5 nitrogen and oxygen atoms in total. The van der Waals surface area contributed by atoms with Gasteiger partial charge in [-0.3, -0.25) is 0 Å². The first-order chi connectivity index (χ1) is 10.0. The molecule has 6 heteroatoms. The quantitative estimate of drug-likeness (QED) is 0.797. The number of imidazole rings is 1. The zero-order chi connectivity index (χ0) is 15.4. The molecule has 1 aromatic carbocycles. The van der Waals surface area contributed by atoms with Crippen LogP contribution in [-0.2, 0) is 11.3 Å². The van der Waals surface area contributed by atoms with E-state index in [-0.39, 0.29) is 0 Å². The Labute approximate surface area is 128 Å². The maximum atomic E-state index is 11.4. The van der Waals surface area contributed by atoms with E-state index in [2.05, 4.69) is 9.72 Å². The molecule has 112 valence electrons. The van der Waals surface area contributed by atoms with Gasteiger partial charge in [0.05, 0.1) is 36.3 Å². The lowest BCUT2D eigenvalue weighted by Gasteiger charge is -2.10. The lowest BCUT2D eigenvalue weighted by Crippen LogP contribution is -2.09. The summed E-state index contributed by atoms with van der Waals surface area (Å²) in [5.41, 5.74) is 2.53. The van der Waals surface area contributed by atoms with Crippen molar-refractivity contribution in [2.45, 2.75) is 20.4 Å². The summed E-state index contributed by atoms with van der Waals surface area (Å²) in [4.78, 5) is 15.6. The molecule has 0 saturated heterocycles. The molecular weight excluding hydrogens is 292 g/mol. The minimum absolute atomic E-state index is 0.386. The van der Waals surface area contributed by atoms with Crippen LogP contribution in [0.2, 0.25) is 5.02 Å².